The number of ether oxygens (including phenoxy) is 1. The number of rotatable bonds is 14. The summed E-state index contributed by atoms with van der Waals surface area (Å²) in [6, 6.07) is 4.37. The molecule has 0 spiro atoms. The molecule has 36 heavy (non-hydrogen) atoms. The number of fused-ring (bicyclic) bond motifs is 1. The third kappa shape index (κ3) is 8.74. The van der Waals surface area contributed by atoms with Crippen molar-refractivity contribution in [1.29, 1.82) is 0 Å². The van der Waals surface area contributed by atoms with Gasteiger partial charge in [0.25, 0.3) is 0 Å². The Hall–Kier alpha value is -3.28. The lowest BCUT2D eigenvalue weighted by Crippen LogP contribution is -2.36. The molecule has 2 heterocycles. The molecule has 0 bridgehead atoms. The SMILES string of the molecule is [N-]=[N+]=Nc1ccc(/C=C/C(=O)NCCOCCNC(=O)CCCC[C@@H]2SC[C@@H]3NC(=O)N[C@@H]32)cc1F. The molecule has 0 unspecified atom stereocenters. The van der Waals surface area contributed by atoms with Gasteiger partial charge in [0.2, 0.25) is 11.8 Å². The van der Waals surface area contributed by atoms with Gasteiger partial charge in [-0.2, -0.15) is 11.8 Å². The first kappa shape index (κ1) is 27.3. The molecule has 2 aliphatic rings. The highest BCUT2D eigenvalue weighted by Gasteiger charge is 2.42. The van der Waals surface area contributed by atoms with Gasteiger partial charge in [-0.3, -0.25) is 9.59 Å². The Balaban J connectivity index is 1.16. The summed E-state index contributed by atoms with van der Waals surface area (Å²) in [4.78, 5) is 37.7. The van der Waals surface area contributed by atoms with Crippen molar-refractivity contribution < 1.29 is 23.5 Å². The van der Waals surface area contributed by atoms with Crippen LogP contribution in [0.25, 0.3) is 16.5 Å². The second-order valence-corrected chi connectivity index (χ2v) is 9.63. The van der Waals surface area contributed by atoms with Crippen LogP contribution in [0.1, 0.15) is 31.2 Å². The highest BCUT2D eigenvalue weighted by atomic mass is 32.2. The first-order valence-corrected chi connectivity index (χ1v) is 12.8. The van der Waals surface area contributed by atoms with Crippen LogP contribution >= 0.6 is 11.8 Å². The summed E-state index contributed by atoms with van der Waals surface area (Å²) in [5.41, 5.74) is 8.69. The van der Waals surface area contributed by atoms with Gasteiger partial charge < -0.3 is 26.0 Å². The van der Waals surface area contributed by atoms with Crippen LogP contribution in [-0.2, 0) is 14.3 Å². The van der Waals surface area contributed by atoms with Gasteiger partial charge in [-0.05, 0) is 42.1 Å². The number of halogens is 1. The molecule has 0 aliphatic carbocycles. The fourth-order valence-corrected chi connectivity index (χ4v) is 5.50. The highest BCUT2D eigenvalue weighted by Crippen LogP contribution is 2.33. The van der Waals surface area contributed by atoms with Crippen LogP contribution in [0, 0.1) is 5.82 Å². The number of azide groups is 1. The summed E-state index contributed by atoms with van der Waals surface area (Å²) in [5, 5.41) is 15.0. The number of nitrogens with one attached hydrogen (secondary N) is 4. The Morgan fingerprint density at radius 2 is 2.06 bits per heavy atom. The van der Waals surface area contributed by atoms with E-state index in [9.17, 15) is 18.8 Å². The van der Waals surface area contributed by atoms with Gasteiger partial charge in [0.15, 0.2) is 0 Å². The maximum atomic E-state index is 13.7. The maximum Gasteiger partial charge on any atom is 0.315 e. The number of carbonyl (C=O) groups is 3. The number of benzene rings is 1. The molecular weight excluding hydrogens is 489 g/mol. The van der Waals surface area contributed by atoms with Gasteiger partial charge in [0.1, 0.15) is 5.82 Å². The third-order valence-electron chi connectivity index (χ3n) is 5.75. The average Bonchev–Trinajstić information content (AvgIpc) is 3.40. The Bertz CT molecular complexity index is 1020. The van der Waals surface area contributed by atoms with Crippen molar-refractivity contribution in [2.45, 2.75) is 43.0 Å². The van der Waals surface area contributed by atoms with Crippen LogP contribution in [0.2, 0.25) is 0 Å². The monoisotopic (exact) mass is 519 g/mol. The second kappa shape index (κ2) is 14.3. The van der Waals surface area contributed by atoms with Crippen LogP contribution < -0.4 is 21.3 Å². The van der Waals surface area contributed by atoms with E-state index >= 15 is 0 Å². The predicted molar refractivity (Wildman–Crippen MR) is 135 cm³/mol. The topological polar surface area (TPSA) is 157 Å². The fourth-order valence-electron chi connectivity index (χ4n) is 3.96. The molecule has 2 aliphatic heterocycles. The molecule has 1 aromatic rings. The molecule has 13 heteroatoms. The zero-order chi connectivity index (χ0) is 25.8. The van der Waals surface area contributed by atoms with E-state index in [2.05, 4.69) is 31.3 Å². The Kier molecular flexibility index (Phi) is 10.9. The van der Waals surface area contributed by atoms with Gasteiger partial charge in [-0.25, -0.2) is 9.18 Å². The van der Waals surface area contributed by atoms with Crippen molar-refractivity contribution in [3.63, 3.8) is 0 Å². The molecule has 0 saturated carbocycles. The number of hydrogen-bond acceptors (Lipinski definition) is 6. The van der Waals surface area contributed by atoms with Crippen LogP contribution in [0.3, 0.4) is 0 Å². The van der Waals surface area contributed by atoms with Crippen LogP contribution in [-0.4, -0.2) is 67.2 Å². The van der Waals surface area contributed by atoms with E-state index in [0.717, 1.165) is 25.0 Å². The standard InChI is InChI=1S/C23H30FN7O4S/c24-16-13-15(5-7-17(16)30-31-25)6-8-21(33)27-10-12-35-11-9-26-20(32)4-2-1-3-19-22-18(14-36-19)28-23(34)29-22/h5-8,13,18-19,22H,1-4,9-12,14H2,(H,26,32)(H,27,33)(H2,28,29,34)/b8-6+/t18-,19-,22-/m0/s1. The molecule has 0 aromatic heterocycles. The third-order valence-corrected chi connectivity index (χ3v) is 7.25. The van der Waals surface area contributed by atoms with E-state index < -0.39 is 5.82 Å². The largest absolute Gasteiger partial charge is 0.378 e. The summed E-state index contributed by atoms with van der Waals surface area (Å²) in [5.74, 6) is -0.112. The van der Waals surface area contributed by atoms with Gasteiger partial charge in [-0.15, -0.1) is 0 Å². The molecule has 11 nitrogen and oxygen atoms in total. The normalized spacial score (nSPS) is 20.4. The lowest BCUT2D eigenvalue weighted by Gasteiger charge is -2.16. The predicted octanol–water partition coefficient (Wildman–Crippen LogP) is 2.76. The van der Waals surface area contributed by atoms with Crippen LogP contribution in [0.4, 0.5) is 14.9 Å². The van der Waals surface area contributed by atoms with Crippen molar-refractivity contribution in [3.8, 4) is 0 Å². The Morgan fingerprint density at radius 3 is 2.83 bits per heavy atom. The molecule has 3 rings (SSSR count). The highest BCUT2D eigenvalue weighted by molar-refractivity contribution is 8.00. The number of thioether (sulfide) groups is 1. The smallest absolute Gasteiger partial charge is 0.315 e. The Morgan fingerprint density at radius 1 is 1.25 bits per heavy atom. The van der Waals surface area contributed by atoms with E-state index in [1.807, 2.05) is 11.8 Å². The molecule has 3 atom stereocenters. The van der Waals surface area contributed by atoms with E-state index in [4.69, 9.17) is 10.3 Å². The van der Waals surface area contributed by atoms with E-state index in [-0.39, 0.29) is 48.8 Å². The molecule has 0 radical (unpaired) electrons. The van der Waals surface area contributed by atoms with Crippen molar-refractivity contribution in [1.82, 2.24) is 21.3 Å². The molecule has 194 valence electrons. The number of urea groups is 1. The van der Waals surface area contributed by atoms with Crippen molar-refractivity contribution in [2.75, 3.05) is 32.1 Å². The van der Waals surface area contributed by atoms with Gasteiger partial charge in [0, 0.05) is 41.5 Å². The summed E-state index contributed by atoms with van der Waals surface area (Å²) in [6.07, 6.45) is 5.88. The first-order valence-electron chi connectivity index (χ1n) is 11.8. The Labute approximate surface area is 212 Å². The van der Waals surface area contributed by atoms with E-state index in [0.29, 0.717) is 30.4 Å². The maximum absolute atomic E-state index is 13.7. The minimum absolute atomic E-state index is 0.0197. The molecule has 4 N–H and O–H groups in total. The minimum Gasteiger partial charge on any atom is -0.378 e. The molecule has 1 aromatic carbocycles. The van der Waals surface area contributed by atoms with Gasteiger partial charge >= 0.3 is 6.03 Å². The number of hydrogen-bond donors (Lipinski definition) is 4. The first-order chi connectivity index (χ1) is 17.5. The zero-order valence-corrected chi connectivity index (χ0v) is 20.6. The number of unbranched alkanes of at least 4 members (excludes halogenated alkanes) is 1. The number of nitrogens with zero attached hydrogens (tertiary/aromatic N) is 3. The summed E-state index contributed by atoms with van der Waals surface area (Å²) < 4.78 is 19.1. The molecule has 4 amide bonds. The van der Waals surface area contributed by atoms with Gasteiger partial charge in [-0.1, -0.05) is 17.6 Å². The fraction of sp³-hybridized carbons (Fsp3) is 0.522. The molecule has 2 fully saturated rings. The number of amides is 4. The van der Waals surface area contributed by atoms with Crippen LogP contribution in [0.5, 0.6) is 0 Å². The zero-order valence-electron chi connectivity index (χ0n) is 19.7. The lowest BCUT2D eigenvalue weighted by molar-refractivity contribution is -0.121. The molecular formula is C23H30FN7O4S. The summed E-state index contributed by atoms with van der Waals surface area (Å²) >= 11 is 1.87. The summed E-state index contributed by atoms with van der Waals surface area (Å²) in [6.45, 7) is 1.31. The van der Waals surface area contributed by atoms with Gasteiger partial charge in [0.05, 0.1) is 31.0 Å². The minimum atomic E-state index is -0.671. The van der Waals surface area contributed by atoms with E-state index in [1.54, 1.807) is 0 Å². The van der Waals surface area contributed by atoms with Crippen molar-refractivity contribution in [3.05, 3.63) is 46.1 Å². The van der Waals surface area contributed by atoms with Crippen molar-refractivity contribution in [2.24, 2.45) is 5.11 Å². The lowest BCUT2D eigenvalue weighted by atomic mass is 10.0. The van der Waals surface area contributed by atoms with Crippen LogP contribution in [0.15, 0.2) is 29.4 Å². The van der Waals surface area contributed by atoms with Crippen molar-refractivity contribution >= 4 is 41.4 Å². The average molecular weight is 520 g/mol. The quantitative estimate of drug-likeness (QED) is 0.0742. The summed E-state index contributed by atoms with van der Waals surface area (Å²) in [7, 11) is 0. The number of carbonyl (C=O) groups excluding carboxylic acids is 3. The van der Waals surface area contributed by atoms with E-state index in [1.165, 1.54) is 30.4 Å². The molecule has 2 saturated heterocycles. The second-order valence-electron chi connectivity index (χ2n) is 8.35.